The van der Waals surface area contributed by atoms with Crippen LogP contribution in [0.1, 0.15) is 45.4 Å². The number of likely N-dealkylation sites (tertiary alicyclic amines) is 3. The van der Waals surface area contributed by atoms with Gasteiger partial charge in [0.25, 0.3) is 0 Å². The molecule has 128 valence electrons. The Labute approximate surface area is 135 Å². The molecule has 22 heavy (non-hydrogen) atoms. The van der Waals surface area contributed by atoms with Gasteiger partial charge in [0.15, 0.2) is 0 Å². The van der Waals surface area contributed by atoms with Crippen LogP contribution in [-0.4, -0.2) is 79.3 Å². The van der Waals surface area contributed by atoms with Gasteiger partial charge in [0, 0.05) is 25.7 Å². The number of alkyl halides is 1. The van der Waals surface area contributed by atoms with Crippen LogP contribution in [0.25, 0.3) is 0 Å². The van der Waals surface area contributed by atoms with Crippen molar-refractivity contribution in [1.29, 1.82) is 0 Å². The van der Waals surface area contributed by atoms with E-state index in [4.69, 9.17) is 0 Å². The molecule has 0 unspecified atom stereocenters. The van der Waals surface area contributed by atoms with Gasteiger partial charge in [-0.05, 0) is 77.7 Å². The molecular weight excluding hydrogens is 277 g/mol. The van der Waals surface area contributed by atoms with Crippen LogP contribution in [0.2, 0.25) is 0 Å². The summed E-state index contributed by atoms with van der Waals surface area (Å²) in [6.45, 7) is 9.55. The Hall–Kier alpha value is -0.190. The van der Waals surface area contributed by atoms with E-state index < -0.39 is 5.67 Å². The normalized spacial score (nSPS) is 30.7. The molecule has 0 aliphatic carbocycles. The smallest absolute Gasteiger partial charge is 0.126 e. The van der Waals surface area contributed by atoms with Crippen molar-refractivity contribution in [3.8, 4) is 0 Å². The second kappa shape index (κ2) is 7.14. The Kier molecular flexibility index (Phi) is 5.41. The highest BCUT2D eigenvalue weighted by Crippen LogP contribution is 2.31. The summed E-state index contributed by atoms with van der Waals surface area (Å²) in [6, 6.07) is 0.705. The molecule has 0 aromatic rings. The first-order valence-corrected chi connectivity index (χ1v) is 9.38. The van der Waals surface area contributed by atoms with Crippen LogP contribution in [0.4, 0.5) is 4.39 Å². The van der Waals surface area contributed by atoms with Crippen molar-refractivity contribution >= 4 is 0 Å². The maximum Gasteiger partial charge on any atom is 0.126 e. The van der Waals surface area contributed by atoms with Gasteiger partial charge in [0.2, 0.25) is 0 Å². The average molecular weight is 311 g/mol. The van der Waals surface area contributed by atoms with Crippen LogP contribution in [0.15, 0.2) is 0 Å². The van der Waals surface area contributed by atoms with Crippen LogP contribution in [0, 0.1) is 5.92 Å². The van der Waals surface area contributed by atoms with Gasteiger partial charge in [-0.3, -0.25) is 0 Å². The fourth-order valence-electron chi connectivity index (χ4n) is 4.43. The van der Waals surface area contributed by atoms with E-state index in [0.717, 1.165) is 44.9 Å². The standard InChI is InChI=1S/C18H34FN3/c1-16-3-11-21(12-4-16)15-18(19)7-13-22(14-8-18)17-5-9-20(2)10-6-17/h16-17H,3-15H2,1-2H3. The number of hydrogen-bond donors (Lipinski definition) is 0. The van der Waals surface area contributed by atoms with Gasteiger partial charge in [-0.15, -0.1) is 0 Å². The van der Waals surface area contributed by atoms with Crippen molar-refractivity contribution in [3.63, 3.8) is 0 Å². The molecule has 3 heterocycles. The molecule has 3 saturated heterocycles. The zero-order valence-electron chi connectivity index (χ0n) is 14.6. The summed E-state index contributed by atoms with van der Waals surface area (Å²) in [4.78, 5) is 7.37. The van der Waals surface area contributed by atoms with Crippen LogP contribution in [-0.2, 0) is 0 Å². The summed E-state index contributed by atoms with van der Waals surface area (Å²) in [5.41, 5.74) is -0.928. The molecule has 0 atom stereocenters. The Bertz CT molecular complexity index is 338. The second-order valence-electron chi connectivity index (χ2n) is 8.18. The highest BCUT2D eigenvalue weighted by atomic mass is 19.1. The van der Waals surface area contributed by atoms with Gasteiger partial charge < -0.3 is 14.7 Å². The van der Waals surface area contributed by atoms with Gasteiger partial charge in [-0.1, -0.05) is 6.92 Å². The Morgan fingerprint density at radius 1 is 0.909 bits per heavy atom. The molecule has 0 spiro atoms. The van der Waals surface area contributed by atoms with Crippen LogP contribution >= 0.6 is 0 Å². The summed E-state index contributed by atoms with van der Waals surface area (Å²) in [7, 11) is 2.21. The summed E-state index contributed by atoms with van der Waals surface area (Å²) in [6.07, 6.45) is 6.51. The second-order valence-corrected chi connectivity index (χ2v) is 8.18. The minimum Gasteiger partial charge on any atom is -0.306 e. The molecule has 4 heteroatoms. The molecule has 0 saturated carbocycles. The summed E-state index contributed by atoms with van der Waals surface area (Å²) in [5, 5.41) is 0. The van der Waals surface area contributed by atoms with Crippen molar-refractivity contribution in [2.45, 2.75) is 57.2 Å². The fourth-order valence-corrected chi connectivity index (χ4v) is 4.43. The Morgan fingerprint density at radius 3 is 2.09 bits per heavy atom. The summed E-state index contributed by atoms with van der Waals surface area (Å²) < 4.78 is 15.2. The lowest BCUT2D eigenvalue weighted by molar-refractivity contribution is -0.00450. The number of halogens is 1. The largest absolute Gasteiger partial charge is 0.306 e. The lowest BCUT2D eigenvalue weighted by Gasteiger charge is -2.44. The van der Waals surface area contributed by atoms with E-state index in [1.54, 1.807) is 0 Å². The quantitative estimate of drug-likeness (QED) is 0.793. The Balaban J connectivity index is 1.44. The zero-order valence-corrected chi connectivity index (χ0v) is 14.6. The van der Waals surface area contributed by atoms with E-state index in [0.29, 0.717) is 12.6 Å². The minimum atomic E-state index is -0.928. The molecule has 3 nitrogen and oxygen atoms in total. The van der Waals surface area contributed by atoms with E-state index in [1.165, 1.54) is 38.8 Å². The van der Waals surface area contributed by atoms with Crippen molar-refractivity contribution in [1.82, 2.24) is 14.7 Å². The van der Waals surface area contributed by atoms with E-state index in [1.807, 2.05) is 0 Å². The van der Waals surface area contributed by atoms with Crippen molar-refractivity contribution in [2.75, 3.05) is 52.9 Å². The zero-order chi connectivity index (χ0) is 15.6. The first kappa shape index (κ1) is 16.7. The molecule has 0 aromatic carbocycles. The van der Waals surface area contributed by atoms with Crippen LogP contribution < -0.4 is 0 Å². The van der Waals surface area contributed by atoms with Crippen molar-refractivity contribution in [2.24, 2.45) is 5.92 Å². The van der Waals surface area contributed by atoms with Gasteiger partial charge in [-0.2, -0.15) is 0 Å². The molecule has 0 bridgehead atoms. The monoisotopic (exact) mass is 311 g/mol. The van der Waals surface area contributed by atoms with Crippen molar-refractivity contribution < 1.29 is 4.39 Å². The topological polar surface area (TPSA) is 9.72 Å². The van der Waals surface area contributed by atoms with Crippen molar-refractivity contribution in [3.05, 3.63) is 0 Å². The first-order valence-electron chi connectivity index (χ1n) is 9.38. The summed E-state index contributed by atoms with van der Waals surface area (Å²) in [5.74, 6) is 0.832. The molecule has 3 aliphatic rings. The lowest BCUT2D eigenvalue weighted by Crippen LogP contribution is -2.53. The number of rotatable bonds is 3. The predicted molar refractivity (Wildman–Crippen MR) is 90.0 cm³/mol. The first-order chi connectivity index (χ1) is 10.5. The van der Waals surface area contributed by atoms with E-state index in [2.05, 4.69) is 28.7 Å². The minimum absolute atomic E-state index is 0.682. The maximum atomic E-state index is 15.2. The molecule has 3 rings (SSSR count). The molecule has 0 radical (unpaired) electrons. The summed E-state index contributed by atoms with van der Waals surface area (Å²) >= 11 is 0. The molecule has 3 fully saturated rings. The maximum absolute atomic E-state index is 15.2. The van der Waals surface area contributed by atoms with Crippen LogP contribution in [0.5, 0.6) is 0 Å². The van der Waals surface area contributed by atoms with E-state index >= 15 is 4.39 Å². The SMILES string of the molecule is CC1CCN(CC2(F)CCN(C3CCN(C)CC3)CC2)CC1. The molecule has 0 aromatic heterocycles. The molecule has 0 amide bonds. The van der Waals surface area contributed by atoms with Crippen LogP contribution in [0.3, 0.4) is 0 Å². The number of nitrogens with zero attached hydrogens (tertiary/aromatic N) is 3. The highest BCUT2D eigenvalue weighted by molar-refractivity contribution is 4.92. The number of hydrogen-bond acceptors (Lipinski definition) is 3. The van der Waals surface area contributed by atoms with Gasteiger partial charge in [0.05, 0.1) is 0 Å². The Morgan fingerprint density at radius 2 is 1.50 bits per heavy atom. The lowest BCUT2D eigenvalue weighted by atomic mass is 9.89. The number of piperidine rings is 3. The molecule has 0 N–H and O–H groups in total. The van der Waals surface area contributed by atoms with Gasteiger partial charge in [0.1, 0.15) is 5.67 Å². The van der Waals surface area contributed by atoms with E-state index in [-0.39, 0.29) is 0 Å². The molecular formula is C18H34FN3. The van der Waals surface area contributed by atoms with Gasteiger partial charge in [-0.25, -0.2) is 4.39 Å². The molecule has 3 aliphatic heterocycles. The third-order valence-corrected chi connectivity index (χ3v) is 6.28. The highest BCUT2D eigenvalue weighted by Gasteiger charge is 2.38. The third-order valence-electron chi connectivity index (χ3n) is 6.28. The predicted octanol–water partition coefficient (Wildman–Crippen LogP) is 2.62. The average Bonchev–Trinajstić information content (AvgIpc) is 2.51. The fraction of sp³-hybridized carbons (Fsp3) is 1.00. The van der Waals surface area contributed by atoms with Gasteiger partial charge >= 0.3 is 0 Å². The van der Waals surface area contributed by atoms with E-state index in [9.17, 15) is 0 Å². The third kappa shape index (κ3) is 4.21.